The number of aliphatic carboxylic acids is 1. The molecule has 1 rings (SSSR count). The van der Waals surface area contributed by atoms with Gasteiger partial charge in [0.15, 0.2) is 6.61 Å². The van der Waals surface area contributed by atoms with Crippen molar-refractivity contribution in [2.45, 2.75) is 13.0 Å². The van der Waals surface area contributed by atoms with E-state index in [-0.39, 0.29) is 37.0 Å². The summed E-state index contributed by atoms with van der Waals surface area (Å²) in [5, 5.41) is 22.5. The quantitative estimate of drug-likeness (QED) is 0.467. The third kappa shape index (κ3) is 7.64. The minimum atomic E-state index is -1.20. The van der Waals surface area contributed by atoms with E-state index in [1.54, 1.807) is 0 Å². The summed E-state index contributed by atoms with van der Waals surface area (Å²) in [7, 11) is 0. The summed E-state index contributed by atoms with van der Waals surface area (Å²) < 4.78 is 10.2. The molecule has 0 fully saturated rings. The average Bonchev–Trinajstić information content (AvgIpc) is 2.55. The van der Waals surface area contributed by atoms with Crippen LogP contribution in [0.4, 0.5) is 5.69 Å². The third-order valence-electron chi connectivity index (χ3n) is 2.83. The zero-order valence-electron chi connectivity index (χ0n) is 13.8. The van der Waals surface area contributed by atoms with Gasteiger partial charge in [-0.1, -0.05) is 0 Å². The van der Waals surface area contributed by atoms with Crippen LogP contribution in [0.5, 0.6) is 5.75 Å². The van der Waals surface area contributed by atoms with Gasteiger partial charge in [-0.2, -0.15) is 0 Å². The number of benzene rings is 1. The molecule has 9 heteroatoms. The summed E-state index contributed by atoms with van der Waals surface area (Å²) >= 11 is 0. The zero-order chi connectivity index (χ0) is 18.8. The van der Waals surface area contributed by atoms with E-state index in [0.717, 1.165) is 0 Å². The Morgan fingerprint density at radius 2 is 2.04 bits per heavy atom. The SMILES string of the molecule is [CH2]C(CNC(=O)c1ccc(NC(C)=O)cc1OCC(=O)O)OCCO. The van der Waals surface area contributed by atoms with Crippen LogP contribution < -0.4 is 15.4 Å². The molecule has 137 valence electrons. The van der Waals surface area contributed by atoms with E-state index in [0.29, 0.717) is 5.69 Å². The number of carboxylic acid groups (broad SMARTS) is 1. The maximum Gasteiger partial charge on any atom is 0.341 e. The molecule has 0 heterocycles. The van der Waals surface area contributed by atoms with E-state index in [2.05, 4.69) is 17.6 Å². The Bertz CT molecular complexity index is 619. The number of aliphatic hydroxyl groups is 1. The Labute approximate surface area is 144 Å². The van der Waals surface area contributed by atoms with Crippen LogP contribution >= 0.6 is 0 Å². The highest BCUT2D eigenvalue weighted by molar-refractivity contribution is 5.98. The minimum Gasteiger partial charge on any atom is -0.481 e. The number of carboxylic acids is 1. The smallest absolute Gasteiger partial charge is 0.341 e. The van der Waals surface area contributed by atoms with Crippen LogP contribution in [0, 0.1) is 6.92 Å². The van der Waals surface area contributed by atoms with E-state index < -0.39 is 24.6 Å². The number of nitrogens with one attached hydrogen (secondary N) is 2. The Balaban J connectivity index is 2.85. The molecule has 1 aromatic carbocycles. The summed E-state index contributed by atoms with van der Waals surface area (Å²) in [5.74, 6) is -2.02. The van der Waals surface area contributed by atoms with Crippen molar-refractivity contribution in [1.82, 2.24) is 5.32 Å². The normalized spacial score (nSPS) is 11.5. The van der Waals surface area contributed by atoms with Crippen LogP contribution in [0.1, 0.15) is 17.3 Å². The summed E-state index contributed by atoms with van der Waals surface area (Å²) in [5.41, 5.74) is 0.468. The maximum atomic E-state index is 12.3. The largest absolute Gasteiger partial charge is 0.481 e. The second kappa shape index (κ2) is 10.3. The first-order valence-corrected chi connectivity index (χ1v) is 7.43. The minimum absolute atomic E-state index is 0.0167. The number of aliphatic hydroxyl groups excluding tert-OH is 1. The van der Waals surface area contributed by atoms with Crippen molar-refractivity contribution in [2.75, 3.05) is 31.7 Å². The molecule has 0 bridgehead atoms. The number of hydrogen-bond donors (Lipinski definition) is 4. The molecule has 0 aromatic heterocycles. The molecular formula is C16H21N2O7. The first-order chi connectivity index (χ1) is 11.8. The molecule has 1 aromatic rings. The van der Waals surface area contributed by atoms with E-state index in [1.807, 2.05) is 0 Å². The Morgan fingerprint density at radius 1 is 1.32 bits per heavy atom. The molecule has 2 amide bonds. The Hall–Kier alpha value is -2.65. The van der Waals surface area contributed by atoms with Gasteiger partial charge in [0.2, 0.25) is 5.91 Å². The van der Waals surface area contributed by atoms with Crippen molar-refractivity contribution in [2.24, 2.45) is 0 Å². The zero-order valence-corrected chi connectivity index (χ0v) is 13.8. The molecule has 1 atom stereocenters. The fraction of sp³-hybridized carbons (Fsp3) is 0.375. The molecule has 0 spiro atoms. The molecular weight excluding hydrogens is 332 g/mol. The molecule has 0 aliphatic carbocycles. The fourth-order valence-corrected chi connectivity index (χ4v) is 1.83. The highest BCUT2D eigenvalue weighted by atomic mass is 16.5. The Morgan fingerprint density at radius 3 is 2.64 bits per heavy atom. The maximum absolute atomic E-state index is 12.3. The molecule has 25 heavy (non-hydrogen) atoms. The molecule has 0 aliphatic rings. The van der Waals surface area contributed by atoms with Gasteiger partial charge in [0.05, 0.1) is 24.9 Å². The Kier molecular flexibility index (Phi) is 8.37. The lowest BCUT2D eigenvalue weighted by Crippen LogP contribution is -2.33. The molecule has 0 aliphatic heterocycles. The highest BCUT2D eigenvalue weighted by Gasteiger charge is 2.16. The van der Waals surface area contributed by atoms with Gasteiger partial charge in [0, 0.05) is 25.2 Å². The van der Waals surface area contributed by atoms with Gasteiger partial charge >= 0.3 is 5.97 Å². The van der Waals surface area contributed by atoms with Crippen molar-refractivity contribution < 1.29 is 34.1 Å². The predicted molar refractivity (Wildman–Crippen MR) is 88.4 cm³/mol. The summed E-state index contributed by atoms with van der Waals surface area (Å²) in [6.07, 6.45) is -0.557. The van der Waals surface area contributed by atoms with Gasteiger partial charge in [-0.25, -0.2) is 4.79 Å². The fourth-order valence-electron chi connectivity index (χ4n) is 1.83. The lowest BCUT2D eigenvalue weighted by molar-refractivity contribution is -0.139. The van der Waals surface area contributed by atoms with Crippen LogP contribution in [0.25, 0.3) is 0 Å². The van der Waals surface area contributed by atoms with E-state index in [4.69, 9.17) is 19.7 Å². The number of amides is 2. The van der Waals surface area contributed by atoms with Gasteiger partial charge in [-0.3, -0.25) is 9.59 Å². The first-order valence-electron chi connectivity index (χ1n) is 7.43. The summed E-state index contributed by atoms with van der Waals surface area (Å²) in [6, 6.07) is 4.27. The second-order valence-corrected chi connectivity index (χ2v) is 5.00. The van der Waals surface area contributed by atoms with Crippen molar-refractivity contribution in [3.8, 4) is 5.75 Å². The predicted octanol–water partition coefficient (Wildman–Crippen LogP) is 0.0498. The lowest BCUT2D eigenvalue weighted by atomic mass is 10.1. The third-order valence-corrected chi connectivity index (χ3v) is 2.83. The highest BCUT2D eigenvalue weighted by Crippen LogP contribution is 2.23. The molecule has 9 nitrogen and oxygen atoms in total. The van der Waals surface area contributed by atoms with Crippen LogP contribution in [-0.2, 0) is 14.3 Å². The summed E-state index contributed by atoms with van der Waals surface area (Å²) in [6.45, 7) is 4.38. The van der Waals surface area contributed by atoms with E-state index in [1.165, 1.54) is 25.1 Å². The topological polar surface area (TPSA) is 134 Å². The number of carbonyl (C=O) groups excluding carboxylic acids is 2. The van der Waals surface area contributed by atoms with Crippen LogP contribution in [0.2, 0.25) is 0 Å². The van der Waals surface area contributed by atoms with E-state index >= 15 is 0 Å². The first kappa shape index (κ1) is 20.4. The van der Waals surface area contributed by atoms with Gasteiger partial charge < -0.3 is 30.3 Å². The van der Waals surface area contributed by atoms with Crippen molar-refractivity contribution in [1.29, 1.82) is 0 Å². The summed E-state index contributed by atoms with van der Waals surface area (Å²) in [4.78, 5) is 34.1. The second-order valence-electron chi connectivity index (χ2n) is 5.00. The monoisotopic (exact) mass is 353 g/mol. The molecule has 1 radical (unpaired) electrons. The van der Waals surface area contributed by atoms with E-state index in [9.17, 15) is 14.4 Å². The van der Waals surface area contributed by atoms with Crippen molar-refractivity contribution >= 4 is 23.5 Å². The average molecular weight is 353 g/mol. The molecule has 1 unspecified atom stereocenters. The molecule has 0 saturated heterocycles. The van der Waals surface area contributed by atoms with Crippen LogP contribution in [0.3, 0.4) is 0 Å². The van der Waals surface area contributed by atoms with Gasteiger partial charge in [-0.15, -0.1) is 0 Å². The van der Waals surface area contributed by atoms with Gasteiger partial charge in [-0.05, 0) is 19.1 Å². The number of ether oxygens (including phenoxy) is 2. The lowest BCUT2D eigenvalue weighted by Gasteiger charge is -2.15. The van der Waals surface area contributed by atoms with Crippen molar-refractivity contribution in [3.63, 3.8) is 0 Å². The van der Waals surface area contributed by atoms with Crippen LogP contribution in [0.15, 0.2) is 18.2 Å². The molecule has 4 N–H and O–H groups in total. The van der Waals surface area contributed by atoms with Crippen molar-refractivity contribution in [3.05, 3.63) is 30.7 Å². The number of carbonyl (C=O) groups is 3. The number of anilines is 1. The number of rotatable bonds is 10. The van der Waals surface area contributed by atoms with Gasteiger partial charge in [0.25, 0.3) is 5.91 Å². The molecule has 0 saturated carbocycles. The number of hydrogen-bond acceptors (Lipinski definition) is 6. The standard InChI is InChI=1S/C16H21N2O7/c1-10(24-6-5-19)8-17-16(23)13-4-3-12(18-11(2)20)7-14(13)25-9-15(21)22/h3-4,7,10,19H,1,5-6,8-9H2,2H3,(H,17,23)(H,18,20)(H,21,22). The van der Waals surface area contributed by atoms with Crippen LogP contribution in [-0.4, -0.2) is 60.5 Å². The van der Waals surface area contributed by atoms with Gasteiger partial charge in [0.1, 0.15) is 5.75 Å².